The third kappa shape index (κ3) is 5.21. The van der Waals surface area contributed by atoms with Crippen LogP contribution in [0.25, 0.3) is 0 Å². The third-order valence-corrected chi connectivity index (χ3v) is 5.87. The lowest BCUT2D eigenvalue weighted by Gasteiger charge is -2.04. The molecule has 5 nitrogen and oxygen atoms in total. The van der Waals surface area contributed by atoms with Crippen LogP contribution in [0.4, 0.5) is 5.82 Å². The standard InChI is InChI=1S/C22H17Cl2N3O2S/c23-17-5-7-18(8-6-17)29-13-15-11-20(30-14-15)22(28)25-21-9-10-27(26-21)12-16-3-1-2-4-19(16)24/h1-11,14H,12-13H2,(H,25,26,28). The minimum atomic E-state index is -0.208. The number of nitrogens with one attached hydrogen (secondary N) is 1. The second-order valence-electron chi connectivity index (χ2n) is 6.51. The molecular formula is C22H17Cl2N3O2S. The van der Waals surface area contributed by atoms with Gasteiger partial charge in [-0.05, 0) is 47.3 Å². The molecule has 2 aromatic carbocycles. The first-order valence-electron chi connectivity index (χ1n) is 9.11. The van der Waals surface area contributed by atoms with Crippen molar-refractivity contribution in [3.05, 3.63) is 98.3 Å². The zero-order valence-corrected chi connectivity index (χ0v) is 18.0. The molecule has 152 valence electrons. The van der Waals surface area contributed by atoms with Gasteiger partial charge in [0.2, 0.25) is 0 Å². The number of hydrogen-bond donors (Lipinski definition) is 1. The van der Waals surface area contributed by atoms with E-state index >= 15 is 0 Å². The van der Waals surface area contributed by atoms with E-state index < -0.39 is 0 Å². The van der Waals surface area contributed by atoms with Crippen LogP contribution in [0.3, 0.4) is 0 Å². The SMILES string of the molecule is O=C(Nc1ccn(Cc2ccccc2Cl)n1)c1cc(COc2ccc(Cl)cc2)cs1. The highest BCUT2D eigenvalue weighted by Gasteiger charge is 2.12. The van der Waals surface area contributed by atoms with Crippen LogP contribution in [-0.2, 0) is 13.2 Å². The van der Waals surface area contributed by atoms with E-state index in [0.29, 0.717) is 33.9 Å². The summed E-state index contributed by atoms with van der Waals surface area (Å²) >= 11 is 13.4. The number of rotatable bonds is 7. The van der Waals surface area contributed by atoms with Crippen LogP contribution in [0.5, 0.6) is 5.75 Å². The lowest BCUT2D eigenvalue weighted by Crippen LogP contribution is -2.11. The van der Waals surface area contributed by atoms with E-state index in [1.54, 1.807) is 41.2 Å². The highest BCUT2D eigenvalue weighted by molar-refractivity contribution is 7.12. The minimum absolute atomic E-state index is 0.208. The Morgan fingerprint density at radius 2 is 1.90 bits per heavy atom. The molecule has 1 amide bonds. The van der Waals surface area contributed by atoms with Gasteiger partial charge in [-0.25, -0.2) is 0 Å². The van der Waals surface area contributed by atoms with Gasteiger partial charge in [0, 0.05) is 27.9 Å². The lowest BCUT2D eigenvalue weighted by atomic mass is 10.2. The van der Waals surface area contributed by atoms with Crippen molar-refractivity contribution >= 4 is 46.3 Å². The summed E-state index contributed by atoms with van der Waals surface area (Å²) in [7, 11) is 0. The number of thiophene rings is 1. The van der Waals surface area contributed by atoms with Gasteiger partial charge in [0.1, 0.15) is 12.4 Å². The van der Waals surface area contributed by atoms with Gasteiger partial charge in [-0.1, -0.05) is 41.4 Å². The maximum absolute atomic E-state index is 12.5. The smallest absolute Gasteiger partial charge is 0.266 e. The molecular weight excluding hydrogens is 441 g/mol. The highest BCUT2D eigenvalue weighted by Crippen LogP contribution is 2.21. The average Bonchev–Trinajstić information content (AvgIpc) is 3.39. The summed E-state index contributed by atoms with van der Waals surface area (Å²) in [5.41, 5.74) is 1.88. The van der Waals surface area contributed by atoms with Gasteiger partial charge in [0.25, 0.3) is 5.91 Å². The van der Waals surface area contributed by atoms with Crippen LogP contribution in [0.2, 0.25) is 10.0 Å². The summed E-state index contributed by atoms with van der Waals surface area (Å²) < 4.78 is 7.45. The van der Waals surface area contributed by atoms with E-state index in [9.17, 15) is 4.79 Å². The number of ether oxygens (including phenoxy) is 1. The third-order valence-electron chi connectivity index (χ3n) is 4.27. The fourth-order valence-electron chi connectivity index (χ4n) is 2.76. The predicted octanol–water partition coefficient (Wildman–Crippen LogP) is 6.13. The molecule has 0 aliphatic carbocycles. The summed E-state index contributed by atoms with van der Waals surface area (Å²) in [6.45, 7) is 0.901. The van der Waals surface area contributed by atoms with Crippen LogP contribution >= 0.6 is 34.5 Å². The normalized spacial score (nSPS) is 10.7. The van der Waals surface area contributed by atoms with E-state index in [-0.39, 0.29) is 5.91 Å². The van der Waals surface area contributed by atoms with E-state index in [1.165, 1.54) is 11.3 Å². The number of aromatic nitrogens is 2. The van der Waals surface area contributed by atoms with Gasteiger partial charge in [-0.15, -0.1) is 11.3 Å². The van der Waals surface area contributed by atoms with E-state index in [0.717, 1.165) is 16.9 Å². The molecule has 0 unspecified atom stereocenters. The van der Waals surface area contributed by atoms with E-state index in [4.69, 9.17) is 27.9 Å². The van der Waals surface area contributed by atoms with Crippen molar-refractivity contribution in [3.8, 4) is 5.75 Å². The van der Waals surface area contributed by atoms with Crippen molar-refractivity contribution < 1.29 is 9.53 Å². The first-order chi connectivity index (χ1) is 14.6. The monoisotopic (exact) mass is 457 g/mol. The number of anilines is 1. The Labute approximate surface area is 187 Å². The Kier molecular flexibility index (Phi) is 6.38. The molecule has 1 N–H and O–H groups in total. The van der Waals surface area contributed by atoms with Gasteiger partial charge in [-0.3, -0.25) is 9.48 Å². The predicted molar refractivity (Wildman–Crippen MR) is 121 cm³/mol. The number of benzene rings is 2. The largest absolute Gasteiger partial charge is 0.489 e. The first-order valence-corrected chi connectivity index (χ1v) is 10.7. The molecule has 4 aromatic rings. The number of carbonyl (C=O) groups excluding carboxylic acids is 1. The summed E-state index contributed by atoms with van der Waals surface area (Å²) in [5.74, 6) is 1.00. The molecule has 0 saturated heterocycles. The molecule has 0 saturated carbocycles. The zero-order chi connectivity index (χ0) is 20.9. The van der Waals surface area contributed by atoms with Crippen molar-refractivity contribution in [2.75, 3.05) is 5.32 Å². The summed E-state index contributed by atoms with van der Waals surface area (Å²) in [6, 6.07) is 18.3. The molecule has 0 aliphatic heterocycles. The molecule has 0 fully saturated rings. The molecule has 0 bridgehead atoms. The molecule has 8 heteroatoms. The molecule has 0 radical (unpaired) electrons. The Morgan fingerprint density at radius 3 is 2.70 bits per heavy atom. The van der Waals surface area contributed by atoms with Crippen molar-refractivity contribution in [2.45, 2.75) is 13.2 Å². The summed E-state index contributed by atoms with van der Waals surface area (Å²) in [4.78, 5) is 13.1. The average molecular weight is 458 g/mol. The highest BCUT2D eigenvalue weighted by atomic mass is 35.5. The molecule has 0 aliphatic rings. The van der Waals surface area contributed by atoms with Gasteiger partial charge < -0.3 is 10.1 Å². The Bertz CT molecular complexity index is 1160. The molecule has 4 rings (SSSR count). The number of carbonyl (C=O) groups is 1. The minimum Gasteiger partial charge on any atom is -0.489 e. The molecule has 2 aromatic heterocycles. The van der Waals surface area contributed by atoms with Crippen molar-refractivity contribution in [3.63, 3.8) is 0 Å². The van der Waals surface area contributed by atoms with Crippen LogP contribution in [-0.4, -0.2) is 15.7 Å². The van der Waals surface area contributed by atoms with Gasteiger partial charge in [-0.2, -0.15) is 5.10 Å². The van der Waals surface area contributed by atoms with Crippen molar-refractivity contribution in [1.29, 1.82) is 0 Å². The van der Waals surface area contributed by atoms with Gasteiger partial charge >= 0.3 is 0 Å². The van der Waals surface area contributed by atoms with Crippen molar-refractivity contribution in [1.82, 2.24) is 9.78 Å². The van der Waals surface area contributed by atoms with E-state index in [2.05, 4.69) is 10.4 Å². The topological polar surface area (TPSA) is 56.2 Å². The molecule has 0 spiro atoms. The van der Waals surface area contributed by atoms with Crippen LogP contribution < -0.4 is 10.1 Å². The molecule has 0 atom stereocenters. The second-order valence-corrected chi connectivity index (χ2v) is 8.26. The first kappa shape index (κ1) is 20.5. The molecule has 2 heterocycles. The maximum atomic E-state index is 12.5. The second kappa shape index (κ2) is 9.34. The zero-order valence-electron chi connectivity index (χ0n) is 15.7. The molecule has 30 heavy (non-hydrogen) atoms. The fourth-order valence-corrected chi connectivity index (χ4v) is 3.88. The number of amides is 1. The lowest BCUT2D eigenvalue weighted by molar-refractivity contribution is 0.103. The summed E-state index contributed by atoms with van der Waals surface area (Å²) in [5, 5.41) is 10.5. The van der Waals surface area contributed by atoms with E-state index in [1.807, 2.05) is 35.7 Å². The number of hydrogen-bond acceptors (Lipinski definition) is 4. The maximum Gasteiger partial charge on any atom is 0.266 e. The Morgan fingerprint density at radius 1 is 1.10 bits per heavy atom. The number of halogens is 2. The Balaban J connectivity index is 1.34. The van der Waals surface area contributed by atoms with Crippen LogP contribution in [0.1, 0.15) is 20.8 Å². The van der Waals surface area contributed by atoms with Gasteiger partial charge in [0.05, 0.1) is 11.4 Å². The summed E-state index contributed by atoms with van der Waals surface area (Å²) in [6.07, 6.45) is 1.80. The van der Waals surface area contributed by atoms with Crippen LogP contribution in [0, 0.1) is 0 Å². The fraction of sp³-hybridized carbons (Fsp3) is 0.0909. The number of nitrogens with zero attached hydrogens (tertiary/aromatic N) is 2. The van der Waals surface area contributed by atoms with Crippen molar-refractivity contribution in [2.24, 2.45) is 0 Å². The van der Waals surface area contributed by atoms with Gasteiger partial charge in [0.15, 0.2) is 5.82 Å². The van der Waals surface area contributed by atoms with Crippen LogP contribution in [0.15, 0.2) is 72.2 Å². The quantitative estimate of drug-likeness (QED) is 0.363. The Hall–Kier alpha value is -2.80.